The number of amides is 2. The molecule has 2 aromatic heterocycles. The quantitative estimate of drug-likeness (QED) is 0.539. The fourth-order valence-corrected chi connectivity index (χ4v) is 4.61. The van der Waals surface area contributed by atoms with Gasteiger partial charge in [-0.25, -0.2) is 4.98 Å². The van der Waals surface area contributed by atoms with E-state index in [1.165, 1.54) is 11.3 Å². The van der Waals surface area contributed by atoms with Gasteiger partial charge in [0, 0.05) is 37.3 Å². The van der Waals surface area contributed by atoms with Crippen molar-refractivity contribution >= 4 is 34.5 Å². The average Bonchev–Trinajstić information content (AvgIpc) is 3.43. The van der Waals surface area contributed by atoms with Crippen LogP contribution in [-0.2, 0) is 11.8 Å². The second-order valence-electron chi connectivity index (χ2n) is 7.60. The van der Waals surface area contributed by atoms with E-state index in [0.717, 1.165) is 16.3 Å². The Labute approximate surface area is 184 Å². The molecule has 3 aromatic rings. The van der Waals surface area contributed by atoms with Crippen molar-refractivity contribution in [3.8, 4) is 10.6 Å². The van der Waals surface area contributed by atoms with Crippen LogP contribution in [-0.4, -0.2) is 52.3 Å². The molecule has 1 aromatic carbocycles. The third-order valence-electron chi connectivity index (χ3n) is 5.75. The third kappa shape index (κ3) is 4.17. The van der Waals surface area contributed by atoms with E-state index in [0.29, 0.717) is 37.3 Å². The normalized spacial score (nSPS) is 15.6. The number of aryl methyl sites for hydroxylation is 1. The summed E-state index contributed by atoms with van der Waals surface area (Å²) in [5, 5.41) is 12.7. The molecule has 0 atom stereocenters. The summed E-state index contributed by atoms with van der Waals surface area (Å²) >= 11 is 1.41. The molecule has 31 heavy (non-hydrogen) atoms. The highest BCUT2D eigenvalue weighted by molar-refractivity contribution is 7.13. The number of piperidine rings is 1. The molecule has 0 saturated carbocycles. The van der Waals surface area contributed by atoms with Crippen LogP contribution in [0.25, 0.3) is 10.6 Å². The number of para-hydroxylation sites is 2. The maximum absolute atomic E-state index is 12.9. The minimum absolute atomic E-state index is 0.266. The summed E-state index contributed by atoms with van der Waals surface area (Å²) in [6, 6.07) is 7.65. The summed E-state index contributed by atoms with van der Waals surface area (Å²) in [6.07, 6.45) is 4.79. The fourth-order valence-electron chi connectivity index (χ4n) is 3.83. The first-order valence-electron chi connectivity index (χ1n) is 10.0. The summed E-state index contributed by atoms with van der Waals surface area (Å²) < 4.78 is 1.70. The Morgan fingerprint density at radius 2 is 1.97 bits per heavy atom. The van der Waals surface area contributed by atoms with Gasteiger partial charge in [0.1, 0.15) is 16.2 Å². The molecule has 0 spiro atoms. The number of anilines is 2. The summed E-state index contributed by atoms with van der Waals surface area (Å²) in [4.78, 5) is 31.4. The number of benzene rings is 1. The lowest BCUT2D eigenvalue weighted by molar-refractivity contribution is -0.125. The molecule has 1 saturated heterocycles. The van der Waals surface area contributed by atoms with Gasteiger partial charge in [-0.2, -0.15) is 5.10 Å². The van der Waals surface area contributed by atoms with E-state index in [4.69, 9.17) is 5.73 Å². The van der Waals surface area contributed by atoms with Gasteiger partial charge in [-0.1, -0.05) is 12.1 Å². The lowest BCUT2D eigenvalue weighted by Gasteiger charge is -2.41. The number of nitrogens with one attached hydrogen (secondary N) is 2. The third-order valence-corrected chi connectivity index (χ3v) is 6.64. The second kappa shape index (κ2) is 8.48. The zero-order valence-electron chi connectivity index (χ0n) is 17.5. The van der Waals surface area contributed by atoms with Crippen LogP contribution in [0.3, 0.4) is 0 Å². The molecule has 162 valence electrons. The Morgan fingerprint density at radius 1 is 1.23 bits per heavy atom. The number of aromatic nitrogens is 3. The molecule has 4 N–H and O–H groups in total. The average molecular weight is 440 g/mol. The minimum atomic E-state index is -0.683. The van der Waals surface area contributed by atoms with Gasteiger partial charge in [0.2, 0.25) is 5.91 Å². The van der Waals surface area contributed by atoms with E-state index in [1.807, 2.05) is 37.5 Å². The van der Waals surface area contributed by atoms with Crippen molar-refractivity contribution < 1.29 is 9.59 Å². The van der Waals surface area contributed by atoms with Gasteiger partial charge in [-0.3, -0.25) is 14.3 Å². The van der Waals surface area contributed by atoms with E-state index < -0.39 is 5.54 Å². The molecule has 0 aliphatic carbocycles. The van der Waals surface area contributed by atoms with Gasteiger partial charge in [-0.05, 0) is 32.0 Å². The molecule has 1 fully saturated rings. The van der Waals surface area contributed by atoms with Crippen molar-refractivity contribution in [3.05, 3.63) is 47.7 Å². The van der Waals surface area contributed by atoms with Crippen molar-refractivity contribution in [2.75, 3.05) is 30.4 Å². The zero-order valence-corrected chi connectivity index (χ0v) is 18.3. The number of likely N-dealkylation sites (N-methyl/N-ethyl adjacent to an activating group) is 1. The minimum Gasteiger partial charge on any atom is -0.370 e. The predicted molar refractivity (Wildman–Crippen MR) is 121 cm³/mol. The van der Waals surface area contributed by atoms with Crippen LogP contribution >= 0.6 is 11.3 Å². The number of hydrogen-bond donors (Lipinski definition) is 3. The first-order valence-corrected chi connectivity index (χ1v) is 10.9. The van der Waals surface area contributed by atoms with Crippen LogP contribution in [0.5, 0.6) is 0 Å². The van der Waals surface area contributed by atoms with Gasteiger partial charge in [-0.15, -0.1) is 11.3 Å². The first kappa shape index (κ1) is 21.0. The number of nitrogens with two attached hydrogens (primary N) is 1. The molecule has 0 unspecified atom stereocenters. The van der Waals surface area contributed by atoms with Crippen LogP contribution in [0.1, 0.15) is 23.3 Å². The number of primary amides is 1. The van der Waals surface area contributed by atoms with Crippen molar-refractivity contribution in [2.24, 2.45) is 12.8 Å². The molecule has 4 rings (SSSR count). The first-order chi connectivity index (χ1) is 14.9. The zero-order chi connectivity index (χ0) is 22.0. The van der Waals surface area contributed by atoms with Crippen molar-refractivity contribution in [3.63, 3.8) is 0 Å². The summed E-state index contributed by atoms with van der Waals surface area (Å²) in [5.41, 5.74) is 7.79. The summed E-state index contributed by atoms with van der Waals surface area (Å²) in [6.45, 7) is 1.30. The molecule has 9 nitrogen and oxygen atoms in total. The SMILES string of the molecule is CNC1(C(N)=O)CCN(c2ccccc2NC(=O)c2csc(-c3cnn(C)c3)n2)CC1. The van der Waals surface area contributed by atoms with Gasteiger partial charge in [0.25, 0.3) is 5.91 Å². The molecule has 3 heterocycles. The number of nitrogens with zero attached hydrogens (tertiary/aromatic N) is 4. The van der Waals surface area contributed by atoms with Gasteiger partial charge < -0.3 is 21.3 Å². The maximum Gasteiger partial charge on any atom is 0.275 e. The van der Waals surface area contributed by atoms with Crippen LogP contribution < -0.4 is 21.3 Å². The molecule has 0 radical (unpaired) electrons. The Kier molecular flexibility index (Phi) is 5.75. The van der Waals surface area contributed by atoms with E-state index in [-0.39, 0.29) is 11.8 Å². The van der Waals surface area contributed by atoms with Crippen molar-refractivity contribution in [1.29, 1.82) is 0 Å². The van der Waals surface area contributed by atoms with E-state index in [9.17, 15) is 9.59 Å². The van der Waals surface area contributed by atoms with Crippen LogP contribution in [0, 0.1) is 0 Å². The highest BCUT2D eigenvalue weighted by atomic mass is 32.1. The molecule has 0 bridgehead atoms. The monoisotopic (exact) mass is 439 g/mol. The van der Waals surface area contributed by atoms with Crippen molar-refractivity contribution in [1.82, 2.24) is 20.1 Å². The number of carbonyl (C=O) groups is 2. The highest BCUT2D eigenvalue weighted by Gasteiger charge is 2.38. The lowest BCUT2D eigenvalue weighted by Crippen LogP contribution is -2.59. The molecule has 1 aliphatic rings. The number of carbonyl (C=O) groups excluding carboxylic acids is 2. The van der Waals surface area contributed by atoms with E-state index in [2.05, 4.69) is 25.6 Å². The van der Waals surface area contributed by atoms with Crippen molar-refractivity contribution in [2.45, 2.75) is 18.4 Å². The Balaban J connectivity index is 1.49. The number of thiazole rings is 1. The maximum atomic E-state index is 12.9. The standard InChI is InChI=1S/C21H25N7O2S/c1-23-21(20(22)30)7-9-28(10-8-21)17-6-4-3-5-15(17)25-18(29)16-13-31-19(26-16)14-11-24-27(2)12-14/h3-6,11-13,23H,7-10H2,1-2H3,(H2,22,30)(H,25,29). The van der Waals surface area contributed by atoms with Crippen LogP contribution in [0.4, 0.5) is 11.4 Å². The van der Waals surface area contributed by atoms with E-state index >= 15 is 0 Å². The topological polar surface area (TPSA) is 118 Å². The predicted octanol–water partition coefficient (Wildman–Crippen LogP) is 1.84. The summed E-state index contributed by atoms with van der Waals surface area (Å²) in [7, 11) is 3.61. The van der Waals surface area contributed by atoms with Gasteiger partial charge in [0.05, 0.1) is 17.6 Å². The van der Waals surface area contributed by atoms with Crippen LogP contribution in [0.15, 0.2) is 42.0 Å². The molecule has 10 heteroatoms. The Bertz CT molecular complexity index is 1100. The van der Waals surface area contributed by atoms with Gasteiger partial charge in [0.15, 0.2) is 0 Å². The molecular weight excluding hydrogens is 414 g/mol. The Morgan fingerprint density at radius 3 is 2.61 bits per heavy atom. The fraction of sp³-hybridized carbons (Fsp3) is 0.333. The largest absolute Gasteiger partial charge is 0.370 e. The molecule has 1 aliphatic heterocycles. The number of rotatable bonds is 6. The molecular formula is C21H25N7O2S. The molecule has 2 amide bonds. The lowest BCUT2D eigenvalue weighted by atomic mass is 9.86. The summed E-state index contributed by atoms with van der Waals surface area (Å²) in [5.74, 6) is -0.596. The van der Waals surface area contributed by atoms with Crippen LogP contribution in [0.2, 0.25) is 0 Å². The smallest absolute Gasteiger partial charge is 0.275 e. The Hall–Kier alpha value is -3.24. The highest BCUT2D eigenvalue weighted by Crippen LogP contribution is 2.32. The number of hydrogen-bond acceptors (Lipinski definition) is 7. The second-order valence-corrected chi connectivity index (χ2v) is 8.45. The van der Waals surface area contributed by atoms with E-state index in [1.54, 1.807) is 23.3 Å². The van der Waals surface area contributed by atoms with Gasteiger partial charge >= 0.3 is 0 Å².